The summed E-state index contributed by atoms with van der Waals surface area (Å²) in [5, 5.41) is 0. The van der Waals surface area contributed by atoms with Crippen molar-refractivity contribution in [2.45, 2.75) is 85.5 Å². The Morgan fingerprint density at radius 3 is 1.93 bits per heavy atom. The van der Waals surface area contributed by atoms with Crippen LogP contribution in [0.2, 0.25) is 0 Å². The maximum Gasteiger partial charge on any atom is 0.256 e. The standard InChI is InChI=1S/C37H42BNO/c1-23-17-31-34-33(18-23)40-32-14-12-11-13-29(32)38(34)28-16-15-24(35(2,3)4)22-30(28)39(31)27-20-25(36(5,6)7)19-26(21-27)37(8,9)10/h11-22H,1-10H3/i11D,12D,13D,14D,17D,18D. The van der Waals surface area contributed by atoms with E-state index in [2.05, 4.69) is 104 Å². The van der Waals surface area contributed by atoms with E-state index < -0.39 is 6.71 Å². The molecule has 6 rings (SSSR count). The number of nitrogens with zero attached hydrogens (tertiary/aromatic N) is 1. The van der Waals surface area contributed by atoms with E-state index in [1.807, 2.05) is 0 Å². The van der Waals surface area contributed by atoms with Crippen LogP contribution < -0.4 is 26.0 Å². The molecule has 0 radical (unpaired) electrons. The van der Waals surface area contributed by atoms with E-state index in [9.17, 15) is 1.37 Å². The number of fused-ring (bicyclic) bond motifs is 4. The van der Waals surface area contributed by atoms with Gasteiger partial charge in [0.1, 0.15) is 11.5 Å². The second-order valence-corrected chi connectivity index (χ2v) is 14.4. The molecular weight excluding hydrogens is 485 g/mol. The van der Waals surface area contributed by atoms with E-state index in [-0.39, 0.29) is 64.0 Å². The van der Waals surface area contributed by atoms with Crippen molar-refractivity contribution in [2.75, 3.05) is 4.90 Å². The van der Waals surface area contributed by atoms with Crippen molar-refractivity contribution >= 4 is 40.2 Å². The van der Waals surface area contributed by atoms with Crippen molar-refractivity contribution in [2.24, 2.45) is 0 Å². The molecule has 0 aliphatic carbocycles. The minimum absolute atomic E-state index is 0.0455. The normalized spacial score (nSPS) is 16.4. The smallest absolute Gasteiger partial charge is 0.256 e. The highest BCUT2D eigenvalue weighted by molar-refractivity contribution is 6.99. The van der Waals surface area contributed by atoms with Crippen LogP contribution in [0.4, 0.5) is 17.1 Å². The SMILES string of the molecule is [2H]c1c([2H])c([2H])c2c(c1[2H])Oc1c([2H])c(C)c([2H])c3c1B2c1ccc(C(C)(C)C)cc1N3c1cc(C(C)(C)C)cc(C(C)(C)C)c1. The van der Waals surface area contributed by atoms with Crippen molar-refractivity contribution in [3.8, 4) is 11.5 Å². The molecule has 2 nitrogen and oxygen atoms in total. The molecule has 2 heterocycles. The highest BCUT2D eigenvalue weighted by Gasteiger charge is 2.42. The van der Waals surface area contributed by atoms with Crippen LogP contribution in [0.15, 0.2) is 72.7 Å². The molecule has 0 aromatic heterocycles. The van der Waals surface area contributed by atoms with Crippen LogP contribution in [0.1, 0.15) is 92.8 Å². The molecule has 0 fully saturated rings. The molecule has 0 bridgehead atoms. The molecule has 204 valence electrons. The Morgan fingerprint density at radius 1 is 0.675 bits per heavy atom. The number of hydrogen-bond acceptors (Lipinski definition) is 2. The molecule has 2 aliphatic heterocycles. The van der Waals surface area contributed by atoms with Crippen LogP contribution in [0.25, 0.3) is 0 Å². The lowest BCUT2D eigenvalue weighted by molar-refractivity contribution is 0.487. The molecule has 0 amide bonds. The Morgan fingerprint density at radius 2 is 1.30 bits per heavy atom. The van der Waals surface area contributed by atoms with Gasteiger partial charge in [0.2, 0.25) is 0 Å². The van der Waals surface area contributed by atoms with Crippen LogP contribution in [0.5, 0.6) is 11.5 Å². The van der Waals surface area contributed by atoms with Crippen LogP contribution in [-0.2, 0) is 16.2 Å². The first-order valence-corrected chi connectivity index (χ1v) is 14.2. The van der Waals surface area contributed by atoms with E-state index >= 15 is 0 Å². The van der Waals surface area contributed by atoms with E-state index in [0.717, 1.165) is 33.5 Å². The summed E-state index contributed by atoms with van der Waals surface area (Å²) in [4.78, 5) is 2.14. The van der Waals surface area contributed by atoms with Crippen molar-refractivity contribution in [1.82, 2.24) is 0 Å². The van der Waals surface area contributed by atoms with Gasteiger partial charge in [-0.2, -0.15) is 0 Å². The summed E-state index contributed by atoms with van der Waals surface area (Å²) in [6.45, 7) is 20.8. The average Bonchev–Trinajstić information content (AvgIpc) is 2.97. The first-order chi connectivity index (χ1) is 21.1. The zero-order valence-corrected chi connectivity index (χ0v) is 25.4. The van der Waals surface area contributed by atoms with Gasteiger partial charge in [0.25, 0.3) is 6.71 Å². The quantitative estimate of drug-likeness (QED) is 0.197. The lowest BCUT2D eigenvalue weighted by Crippen LogP contribution is -2.59. The third-order valence-electron chi connectivity index (χ3n) is 8.15. The molecule has 0 atom stereocenters. The molecule has 0 saturated carbocycles. The van der Waals surface area contributed by atoms with Gasteiger partial charge in [-0.05, 0) is 98.1 Å². The predicted octanol–water partition coefficient (Wildman–Crippen LogP) is 8.29. The zero-order valence-electron chi connectivity index (χ0n) is 31.4. The minimum Gasteiger partial charge on any atom is -0.458 e. The lowest BCUT2D eigenvalue weighted by atomic mass is 9.34. The molecule has 0 spiro atoms. The first kappa shape index (κ1) is 20.4. The molecular formula is C37H42BNO. The summed E-state index contributed by atoms with van der Waals surface area (Å²) in [5.74, 6) is 0.286. The Kier molecular flexibility index (Phi) is 4.48. The Labute approximate surface area is 249 Å². The fourth-order valence-electron chi connectivity index (χ4n) is 5.74. The first-order valence-electron chi connectivity index (χ1n) is 17.2. The second-order valence-electron chi connectivity index (χ2n) is 14.4. The zero-order chi connectivity index (χ0) is 34.0. The molecule has 4 aromatic rings. The highest BCUT2D eigenvalue weighted by Crippen LogP contribution is 2.44. The number of hydrogen-bond donors (Lipinski definition) is 0. The summed E-state index contributed by atoms with van der Waals surface area (Å²) in [7, 11) is 0. The van der Waals surface area contributed by atoms with Crippen molar-refractivity contribution < 1.29 is 13.0 Å². The second kappa shape index (κ2) is 8.77. The van der Waals surface area contributed by atoms with Crippen LogP contribution >= 0.6 is 0 Å². The fourth-order valence-corrected chi connectivity index (χ4v) is 5.74. The maximum atomic E-state index is 9.54. The Bertz CT molecular complexity index is 1930. The van der Waals surface area contributed by atoms with Crippen molar-refractivity contribution in [3.05, 3.63) is 94.9 Å². The van der Waals surface area contributed by atoms with Gasteiger partial charge >= 0.3 is 0 Å². The van der Waals surface area contributed by atoms with E-state index in [1.165, 1.54) is 0 Å². The van der Waals surface area contributed by atoms with Gasteiger partial charge in [-0.1, -0.05) is 98.6 Å². The van der Waals surface area contributed by atoms with E-state index in [4.69, 9.17) is 11.6 Å². The van der Waals surface area contributed by atoms with Gasteiger partial charge in [-0.25, -0.2) is 0 Å². The largest absolute Gasteiger partial charge is 0.458 e. The highest BCUT2D eigenvalue weighted by atomic mass is 16.5. The average molecular weight is 534 g/mol. The third kappa shape index (κ3) is 4.35. The number of ether oxygens (including phenoxy) is 1. The molecule has 3 heteroatoms. The molecule has 2 aliphatic rings. The lowest BCUT2D eigenvalue weighted by Gasteiger charge is -2.41. The summed E-state index contributed by atoms with van der Waals surface area (Å²) in [5.41, 5.74) is 7.49. The summed E-state index contributed by atoms with van der Waals surface area (Å²) < 4.78 is 59.8. The van der Waals surface area contributed by atoms with E-state index in [1.54, 1.807) is 6.92 Å². The van der Waals surface area contributed by atoms with Crippen LogP contribution in [0.3, 0.4) is 0 Å². The van der Waals surface area contributed by atoms with Crippen molar-refractivity contribution in [1.29, 1.82) is 0 Å². The predicted molar refractivity (Wildman–Crippen MR) is 173 cm³/mol. The molecule has 40 heavy (non-hydrogen) atoms. The van der Waals surface area contributed by atoms with E-state index in [0.29, 0.717) is 22.2 Å². The molecule has 0 saturated heterocycles. The minimum atomic E-state index is -0.656. The van der Waals surface area contributed by atoms with Gasteiger partial charge in [-0.3, -0.25) is 0 Å². The fraction of sp³-hybridized carbons (Fsp3) is 0.351. The maximum absolute atomic E-state index is 9.54. The number of anilines is 3. The summed E-state index contributed by atoms with van der Waals surface area (Å²) >= 11 is 0. The molecule has 0 unspecified atom stereocenters. The number of para-hydroxylation sites is 1. The number of benzene rings is 4. The van der Waals surface area contributed by atoms with Gasteiger partial charge in [-0.15, -0.1) is 0 Å². The third-order valence-corrected chi connectivity index (χ3v) is 8.15. The van der Waals surface area contributed by atoms with Gasteiger partial charge in [0.15, 0.2) is 0 Å². The van der Waals surface area contributed by atoms with Gasteiger partial charge in [0, 0.05) is 17.1 Å². The van der Waals surface area contributed by atoms with Crippen LogP contribution in [-0.4, -0.2) is 6.71 Å². The monoisotopic (exact) mass is 533 g/mol. The van der Waals surface area contributed by atoms with Gasteiger partial charge < -0.3 is 9.64 Å². The van der Waals surface area contributed by atoms with Gasteiger partial charge in [0.05, 0.1) is 8.22 Å². The summed E-state index contributed by atoms with van der Waals surface area (Å²) in [6, 6.07) is 12.1. The van der Waals surface area contributed by atoms with Crippen LogP contribution in [0, 0.1) is 6.92 Å². The topological polar surface area (TPSA) is 12.5 Å². The Hall–Kier alpha value is -3.46. The molecule has 0 N–H and O–H groups in total. The molecule has 4 aromatic carbocycles. The van der Waals surface area contributed by atoms with Crippen molar-refractivity contribution in [3.63, 3.8) is 0 Å². The summed E-state index contributed by atoms with van der Waals surface area (Å²) in [6.07, 6.45) is 0. The Balaban J connectivity index is 1.82. The number of rotatable bonds is 1.